The molecule has 0 saturated heterocycles. The smallest absolute Gasteiger partial charge is 0.336 e. The minimum absolute atomic E-state index is 0.146. The van der Waals surface area contributed by atoms with Gasteiger partial charge in [-0.25, -0.2) is 10.2 Å². The van der Waals surface area contributed by atoms with Crippen molar-refractivity contribution < 1.29 is 23.8 Å². The molecule has 0 unspecified atom stereocenters. The van der Waals surface area contributed by atoms with Gasteiger partial charge in [-0.1, -0.05) is 24.3 Å². The maximum atomic E-state index is 12.0. The van der Waals surface area contributed by atoms with Crippen molar-refractivity contribution in [3.05, 3.63) is 77.0 Å². The molecule has 1 amide bonds. The summed E-state index contributed by atoms with van der Waals surface area (Å²) in [6.07, 6.45) is 5.90. The lowest BCUT2D eigenvalue weighted by Crippen LogP contribution is -2.24. The van der Waals surface area contributed by atoms with Crippen LogP contribution in [0.25, 0.3) is 11.3 Å². The van der Waals surface area contributed by atoms with E-state index in [9.17, 15) is 14.7 Å². The molecule has 2 aromatic carbocycles. The number of furan rings is 1. The van der Waals surface area contributed by atoms with Crippen LogP contribution in [0.2, 0.25) is 0 Å². The fraction of sp³-hybridized carbons (Fsp3) is 0.208. The Morgan fingerprint density at radius 2 is 1.87 bits per heavy atom. The highest BCUT2D eigenvalue weighted by Crippen LogP contribution is 2.26. The summed E-state index contributed by atoms with van der Waals surface area (Å²) in [5.74, 6) is 0.0329. The van der Waals surface area contributed by atoms with Gasteiger partial charge in [-0.15, -0.1) is 0 Å². The molecule has 3 aromatic rings. The minimum Gasteiger partial charge on any atom is -0.484 e. The van der Waals surface area contributed by atoms with Crippen LogP contribution in [-0.2, 0) is 17.6 Å². The highest BCUT2D eigenvalue weighted by molar-refractivity contribution is 5.95. The van der Waals surface area contributed by atoms with Crippen molar-refractivity contribution in [1.82, 2.24) is 5.43 Å². The summed E-state index contributed by atoms with van der Waals surface area (Å²) >= 11 is 0. The Morgan fingerprint density at radius 3 is 2.71 bits per heavy atom. The number of carboxylic acids is 1. The first kappa shape index (κ1) is 20.4. The monoisotopic (exact) mass is 418 g/mol. The number of carboxylic acid groups (broad SMARTS) is 1. The number of carbonyl (C=O) groups is 2. The third kappa shape index (κ3) is 5.01. The molecular formula is C24H22N2O5. The molecule has 0 saturated carbocycles. The zero-order chi connectivity index (χ0) is 21.6. The molecule has 0 fully saturated rings. The number of nitrogens with zero attached hydrogens (tertiary/aromatic N) is 1. The maximum absolute atomic E-state index is 12.0. The lowest BCUT2D eigenvalue weighted by Gasteiger charge is -2.16. The van der Waals surface area contributed by atoms with E-state index in [-0.39, 0.29) is 12.2 Å². The molecule has 0 aliphatic heterocycles. The van der Waals surface area contributed by atoms with Gasteiger partial charge in [0, 0.05) is 5.56 Å². The van der Waals surface area contributed by atoms with Gasteiger partial charge >= 0.3 is 5.97 Å². The lowest BCUT2D eigenvalue weighted by atomic mass is 9.92. The Balaban J connectivity index is 1.31. The van der Waals surface area contributed by atoms with Gasteiger partial charge in [-0.3, -0.25) is 4.79 Å². The summed E-state index contributed by atoms with van der Waals surface area (Å²) in [6.45, 7) is -0.147. The topological polar surface area (TPSA) is 101 Å². The second-order valence-electron chi connectivity index (χ2n) is 7.27. The predicted octanol–water partition coefficient (Wildman–Crippen LogP) is 4.05. The SMILES string of the molecule is O=C(COc1ccc2c(c1)CCCC2)N/N=C/c1ccc(-c2ccccc2C(=O)O)o1. The summed E-state index contributed by atoms with van der Waals surface area (Å²) in [5, 5.41) is 13.2. The molecular weight excluding hydrogens is 396 g/mol. The van der Waals surface area contributed by atoms with E-state index < -0.39 is 11.9 Å². The predicted molar refractivity (Wildman–Crippen MR) is 115 cm³/mol. The molecule has 31 heavy (non-hydrogen) atoms. The molecule has 0 radical (unpaired) electrons. The van der Waals surface area contributed by atoms with E-state index in [1.165, 1.54) is 36.2 Å². The van der Waals surface area contributed by atoms with Crippen molar-refractivity contribution in [1.29, 1.82) is 0 Å². The van der Waals surface area contributed by atoms with Crippen LogP contribution in [0.1, 0.15) is 40.1 Å². The van der Waals surface area contributed by atoms with Gasteiger partial charge in [0.25, 0.3) is 5.91 Å². The third-order valence-corrected chi connectivity index (χ3v) is 5.12. The molecule has 1 aromatic heterocycles. The van der Waals surface area contributed by atoms with Crippen LogP contribution in [0.15, 0.2) is 64.1 Å². The molecule has 0 bridgehead atoms. The number of hydrazone groups is 1. The maximum Gasteiger partial charge on any atom is 0.336 e. The van der Waals surface area contributed by atoms with Gasteiger partial charge in [0.05, 0.1) is 11.8 Å². The number of benzene rings is 2. The fourth-order valence-corrected chi connectivity index (χ4v) is 3.60. The van der Waals surface area contributed by atoms with Crippen molar-refractivity contribution >= 4 is 18.1 Å². The van der Waals surface area contributed by atoms with E-state index in [0.29, 0.717) is 22.8 Å². The standard InChI is InChI=1S/C24H22N2O5/c27-23(15-30-18-10-9-16-5-1-2-6-17(16)13-18)26-25-14-19-11-12-22(31-19)20-7-3-4-8-21(20)24(28)29/h3-4,7-14H,1-2,5-6,15H2,(H,26,27)(H,28,29)/b25-14+. The fourth-order valence-electron chi connectivity index (χ4n) is 3.60. The molecule has 7 nitrogen and oxygen atoms in total. The number of aryl methyl sites for hydroxylation is 2. The van der Waals surface area contributed by atoms with Gasteiger partial charge in [-0.05, 0) is 67.1 Å². The zero-order valence-electron chi connectivity index (χ0n) is 16.8. The van der Waals surface area contributed by atoms with Gasteiger partial charge in [0.1, 0.15) is 17.3 Å². The van der Waals surface area contributed by atoms with E-state index in [0.717, 1.165) is 12.8 Å². The number of amides is 1. The van der Waals surface area contributed by atoms with Crippen LogP contribution < -0.4 is 10.2 Å². The Kier molecular flexibility index (Phi) is 6.12. The number of hydrogen-bond donors (Lipinski definition) is 2. The molecule has 0 spiro atoms. The lowest BCUT2D eigenvalue weighted by molar-refractivity contribution is -0.123. The van der Waals surface area contributed by atoms with Crippen molar-refractivity contribution in [2.24, 2.45) is 5.10 Å². The van der Waals surface area contributed by atoms with Gasteiger partial charge < -0.3 is 14.3 Å². The largest absolute Gasteiger partial charge is 0.484 e. The minimum atomic E-state index is -1.03. The first-order valence-corrected chi connectivity index (χ1v) is 10.1. The molecule has 4 rings (SSSR count). The average Bonchev–Trinajstić information content (AvgIpc) is 3.26. The van der Waals surface area contributed by atoms with Crippen LogP contribution in [0.3, 0.4) is 0 Å². The number of ether oxygens (including phenoxy) is 1. The summed E-state index contributed by atoms with van der Waals surface area (Å²) in [4.78, 5) is 23.4. The molecule has 0 atom stereocenters. The number of fused-ring (bicyclic) bond motifs is 1. The second kappa shape index (κ2) is 9.30. The van der Waals surface area contributed by atoms with E-state index >= 15 is 0 Å². The number of rotatable bonds is 7. The Labute approximate surface area is 179 Å². The van der Waals surface area contributed by atoms with Crippen LogP contribution in [0.4, 0.5) is 0 Å². The van der Waals surface area contributed by atoms with Crippen LogP contribution in [-0.4, -0.2) is 29.8 Å². The molecule has 1 heterocycles. The summed E-state index contributed by atoms with van der Waals surface area (Å²) in [5.41, 5.74) is 5.66. The Hall–Kier alpha value is -3.87. The van der Waals surface area contributed by atoms with E-state index in [4.69, 9.17) is 9.15 Å². The molecule has 158 valence electrons. The Morgan fingerprint density at radius 1 is 1.06 bits per heavy atom. The van der Waals surface area contributed by atoms with E-state index in [1.807, 2.05) is 12.1 Å². The van der Waals surface area contributed by atoms with Crippen molar-refractivity contribution in [3.63, 3.8) is 0 Å². The molecule has 1 aliphatic rings. The second-order valence-corrected chi connectivity index (χ2v) is 7.27. The number of aromatic carboxylic acids is 1. The van der Waals surface area contributed by atoms with E-state index in [1.54, 1.807) is 30.3 Å². The van der Waals surface area contributed by atoms with Crippen molar-refractivity contribution in [2.45, 2.75) is 25.7 Å². The zero-order valence-corrected chi connectivity index (χ0v) is 16.8. The summed E-state index contributed by atoms with van der Waals surface area (Å²) in [6, 6.07) is 15.8. The third-order valence-electron chi connectivity index (χ3n) is 5.12. The molecule has 2 N–H and O–H groups in total. The molecule has 7 heteroatoms. The van der Waals surface area contributed by atoms with Gasteiger partial charge in [0.15, 0.2) is 6.61 Å². The highest BCUT2D eigenvalue weighted by atomic mass is 16.5. The number of carbonyl (C=O) groups excluding carboxylic acids is 1. The van der Waals surface area contributed by atoms with Crippen LogP contribution in [0.5, 0.6) is 5.75 Å². The first-order valence-electron chi connectivity index (χ1n) is 10.1. The average molecular weight is 418 g/mol. The summed E-state index contributed by atoms with van der Waals surface area (Å²) < 4.78 is 11.2. The van der Waals surface area contributed by atoms with Crippen LogP contribution in [0, 0.1) is 0 Å². The van der Waals surface area contributed by atoms with Crippen molar-refractivity contribution in [3.8, 4) is 17.1 Å². The van der Waals surface area contributed by atoms with E-state index in [2.05, 4.69) is 16.6 Å². The number of nitrogens with one attached hydrogen (secondary N) is 1. The summed E-state index contributed by atoms with van der Waals surface area (Å²) in [7, 11) is 0. The highest BCUT2D eigenvalue weighted by Gasteiger charge is 2.14. The van der Waals surface area contributed by atoms with Crippen LogP contribution >= 0.6 is 0 Å². The Bertz CT molecular complexity index is 1130. The van der Waals surface area contributed by atoms with Gasteiger partial charge in [-0.2, -0.15) is 5.10 Å². The normalized spacial score (nSPS) is 13.0. The van der Waals surface area contributed by atoms with Crippen molar-refractivity contribution in [2.75, 3.05) is 6.61 Å². The number of hydrogen-bond acceptors (Lipinski definition) is 5. The first-order chi connectivity index (χ1) is 15.1. The molecule has 1 aliphatic carbocycles. The quantitative estimate of drug-likeness (QED) is 0.445. The van der Waals surface area contributed by atoms with Gasteiger partial charge in [0.2, 0.25) is 0 Å².